The molecule has 26 heavy (non-hydrogen) atoms. The Kier molecular flexibility index (Phi) is 13.9. The molecule has 0 spiro atoms. The Morgan fingerprint density at radius 2 is 1.77 bits per heavy atom. The zero-order chi connectivity index (χ0) is 19.8. The number of hydrogen-bond acceptors (Lipinski definition) is 5. The van der Waals surface area contributed by atoms with E-state index in [1.54, 1.807) is 0 Å². The van der Waals surface area contributed by atoms with Gasteiger partial charge in [0.25, 0.3) is 0 Å². The molecular weight excluding hydrogens is 336 g/mol. The van der Waals surface area contributed by atoms with Crippen molar-refractivity contribution in [3.05, 3.63) is 0 Å². The summed E-state index contributed by atoms with van der Waals surface area (Å²) in [5.41, 5.74) is 5.35. The number of unbranched alkanes of at least 4 members (excludes halogenated alkanes) is 1. The van der Waals surface area contributed by atoms with Crippen LogP contribution in [-0.2, 0) is 19.1 Å². The summed E-state index contributed by atoms with van der Waals surface area (Å²) in [6.45, 7) is 5.47. The lowest BCUT2D eigenvalue weighted by Crippen LogP contribution is -2.44. The largest absolute Gasteiger partial charge is 0.379 e. The molecule has 0 aromatic heterocycles. The second kappa shape index (κ2) is 15.2. The van der Waals surface area contributed by atoms with Crippen LogP contribution in [-0.4, -0.2) is 56.1 Å². The molecule has 0 fully saturated rings. The van der Waals surface area contributed by atoms with Crippen LogP contribution in [0.5, 0.6) is 0 Å². The Morgan fingerprint density at radius 3 is 2.38 bits per heavy atom. The van der Waals surface area contributed by atoms with Gasteiger partial charge in [-0.05, 0) is 19.3 Å². The van der Waals surface area contributed by atoms with E-state index in [4.69, 9.17) is 16.9 Å². The van der Waals surface area contributed by atoms with Crippen LogP contribution < -0.4 is 21.7 Å². The molecule has 0 aromatic rings. The summed E-state index contributed by atoms with van der Waals surface area (Å²) in [5, 5.41) is 8.53. The van der Waals surface area contributed by atoms with Gasteiger partial charge < -0.3 is 26.4 Å². The van der Waals surface area contributed by atoms with E-state index in [1.807, 2.05) is 13.8 Å². The highest BCUT2D eigenvalue weighted by Crippen LogP contribution is 2.01. The zero-order valence-corrected chi connectivity index (χ0v) is 15.8. The van der Waals surface area contributed by atoms with Crippen molar-refractivity contribution >= 4 is 17.7 Å². The first-order valence-electron chi connectivity index (χ1n) is 8.96. The third-order valence-corrected chi connectivity index (χ3v) is 3.42. The number of primary amides is 1. The lowest BCUT2D eigenvalue weighted by molar-refractivity contribution is -0.123. The molecular formula is C18H32N4O4. The third-order valence-electron chi connectivity index (χ3n) is 3.42. The number of hydrogen-bond donors (Lipinski definition) is 4. The Hall–Kier alpha value is -2.11. The standard InChI is InChI=1S/C18H32N4O4/c1-4-7-16(23)21-11-13-26-12-9-17(24)20-10-6-5-8-15(18(19)25)22-14(2)3/h1,14-15,22H,5-13H2,2-3H3,(H2,19,25)(H,20,24)(H,21,23). The Balaban J connectivity index is 3.58. The fraction of sp³-hybridized carbons (Fsp3) is 0.722. The van der Waals surface area contributed by atoms with Crippen molar-refractivity contribution in [2.45, 2.75) is 58.0 Å². The number of carbonyl (C=O) groups excluding carboxylic acids is 3. The first-order valence-corrected chi connectivity index (χ1v) is 8.96. The van der Waals surface area contributed by atoms with E-state index in [1.165, 1.54) is 0 Å². The molecule has 3 amide bonds. The van der Waals surface area contributed by atoms with E-state index in [-0.39, 0.29) is 42.6 Å². The van der Waals surface area contributed by atoms with Crippen molar-refractivity contribution in [3.63, 3.8) is 0 Å². The molecule has 1 atom stereocenters. The predicted molar refractivity (Wildman–Crippen MR) is 100 cm³/mol. The van der Waals surface area contributed by atoms with Crippen LogP contribution in [0.3, 0.4) is 0 Å². The molecule has 0 bridgehead atoms. The summed E-state index contributed by atoms with van der Waals surface area (Å²) in [5.74, 6) is 1.60. The summed E-state index contributed by atoms with van der Waals surface area (Å²) >= 11 is 0. The second-order valence-corrected chi connectivity index (χ2v) is 6.22. The van der Waals surface area contributed by atoms with Gasteiger partial charge in [0, 0.05) is 25.6 Å². The SMILES string of the molecule is C#CCC(=O)NCCOCCC(=O)NCCCCC(NC(C)C)C(N)=O. The quantitative estimate of drug-likeness (QED) is 0.233. The summed E-state index contributed by atoms with van der Waals surface area (Å²) in [6, 6.07) is -0.141. The van der Waals surface area contributed by atoms with Gasteiger partial charge in [-0.3, -0.25) is 14.4 Å². The van der Waals surface area contributed by atoms with Crippen LogP contribution in [0.15, 0.2) is 0 Å². The predicted octanol–water partition coefficient (Wildman–Crippen LogP) is -0.329. The molecule has 0 saturated heterocycles. The van der Waals surface area contributed by atoms with Crippen LogP contribution in [0.4, 0.5) is 0 Å². The van der Waals surface area contributed by atoms with Crippen LogP contribution in [0.1, 0.15) is 46.0 Å². The summed E-state index contributed by atoms with van der Waals surface area (Å²) < 4.78 is 5.27. The highest BCUT2D eigenvalue weighted by atomic mass is 16.5. The van der Waals surface area contributed by atoms with Crippen molar-refractivity contribution in [2.24, 2.45) is 5.73 Å². The second-order valence-electron chi connectivity index (χ2n) is 6.22. The highest BCUT2D eigenvalue weighted by Gasteiger charge is 2.15. The van der Waals surface area contributed by atoms with Gasteiger partial charge in [-0.15, -0.1) is 6.42 Å². The number of ether oxygens (including phenoxy) is 1. The molecule has 0 aliphatic rings. The monoisotopic (exact) mass is 368 g/mol. The Labute approximate surface area is 156 Å². The molecule has 8 heteroatoms. The lowest BCUT2D eigenvalue weighted by atomic mass is 10.1. The van der Waals surface area contributed by atoms with E-state index in [0.717, 1.165) is 12.8 Å². The minimum atomic E-state index is -0.352. The molecule has 8 nitrogen and oxygen atoms in total. The topological polar surface area (TPSA) is 123 Å². The maximum atomic E-state index is 11.7. The van der Waals surface area contributed by atoms with Crippen molar-refractivity contribution in [1.82, 2.24) is 16.0 Å². The molecule has 5 N–H and O–H groups in total. The number of nitrogens with one attached hydrogen (secondary N) is 3. The van der Waals surface area contributed by atoms with Crippen LogP contribution in [0.25, 0.3) is 0 Å². The van der Waals surface area contributed by atoms with Gasteiger partial charge in [0.05, 0.1) is 25.7 Å². The summed E-state index contributed by atoms with van der Waals surface area (Å²) in [7, 11) is 0. The average Bonchev–Trinajstić information content (AvgIpc) is 2.56. The highest BCUT2D eigenvalue weighted by molar-refractivity contribution is 5.79. The smallest absolute Gasteiger partial charge is 0.234 e. The molecule has 0 heterocycles. The van der Waals surface area contributed by atoms with Crippen molar-refractivity contribution in [2.75, 3.05) is 26.3 Å². The Bertz CT molecular complexity index is 474. The maximum Gasteiger partial charge on any atom is 0.234 e. The van der Waals surface area contributed by atoms with Crippen molar-refractivity contribution in [3.8, 4) is 12.3 Å². The van der Waals surface area contributed by atoms with Crippen molar-refractivity contribution in [1.29, 1.82) is 0 Å². The molecule has 0 aliphatic heterocycles. The molecule has 0 rings (SSSR count). The number of nitrogens with two attached hydrogens (primary N) is 1. The average molecular weight is 368 g/mol. The number of carbonyl (C=O) groups is 3. The number of rotatable bonds is 15. The van der Waals surface area contributed by atoms with Crippen LogP contribution in [0.2, 0.25) is 0 Å². The van der Waals surface area contributed by atoms with Gasteiger partial charge in [0.1, 0.15) is 0 Å². The van der Waals surface area contributed by atoms with Gasteiger partial charge in [0.15, 0.2) is 0 Å². The van der Waals surface area contributed by atoms with Crippen LogP contribution >= 0.6 is 0 Å². The maximum absolute atomic E-state index is 11.7. The third kappa shape index (κ3) is 14.3. The molecule has 0 radical (unpaired) electrons. The van der Waals surface area contributed by atoms with Gasteiger partial charge in [-0.2, -0.15) is 0 Å². The lowest BCUT2D eigenvalue weighted by Gasteiger charge is -2.18. The zero-order valence-electron chi connectivity index (χ0n) is 15.8. The molecule has 0 aromatic carbocycles. The molecule has 1 unspecified atom stereocenters. The first-order chi connectivity index (χ1) is 12.4. The molecule has 148 valence electrons. The van der Waals surface area contributed by atoms with E-state index >= 15 is 0 Å². The fourth-order valence-corrected chi connectivity index (χ4v) is 2.18. The Morgan fingerprint density at radius 1 is 1.08 bits per heavy atom. The van der Waals surface area contributed by atoms with Gasteiger partial charge >= 0.3 is 0 Å². The van der Waals surface area contributed by atoms with Crippen LogP contribution in [0, 0.1) is 12.3 Å². The first kappa shape index (κ1) is 23.9. The fourth-order valence-electron chi connectivity index (χ4n) is 2.18. The van der Waals surface area contributed by atoms with Gasteiger partial charge in [-0.1, -0.05) is 19.8 Å². The minimum Gasteiger partial charge on any atom is -0.379 e. The summed E-state index contributed by atoms with van der Waals surface area (Å²) in [4.78, 5) is 34.0. The van der Waals surface area contributed by atoms with E-state index < -0.39 is 0 Å². The normalized spacial score (nSPS) is 11.6. The van der Waals surface area contributed by atoms with E-state index in [0.29, 0.717) is 32.7 Å². The molecule has 0 saturated carbocycles. The number of terminal acetylenes is 1. The van der Waals surface area contributed by atoms with E-state index in [2.05, 4.69) is 21.9 Å². The van der Waals surface area contributed by atoms with Crippen molar-refractivity contribution < 1.29 is 19.1 Å². The number of amides is 3. The minimum absolute atomic E-state index is 0.0517. The van der Waals surface area contributed by atoms with E-state index in [9.17, 15) is 14.4 Å². The summed E-state index contributed by atoms with van der Waals surface area (Å²) in [6.07, 6.45) is 7.54. The van der Waals surface area contributed by atoms with Gasteiger partial charge in [0.2, 0.25) is 17.7 Å². The van der Waals surface area contributed by atoms with Gasteiger partial charge in [-0.25, -0.2) is 0 Å². The molecule has 0 aliphatic carbocycles.